The molecule has 0 aliphatic carbocycles. The van der Waals surface area contributed by atoms with Gasteiger partial charge in [0.05, 0.1) is 24.8 Å². The monoisotopic (exact) mass is 501 g/mol. The molecule has 2 aliphatic rings. The Kier molecular flexibility index (Phi) is 6.93. The summed E-state index contributed by atoms with van der Waals surface area (Å²) in [4.78, 5) is 15.8. The highest BCUT2D eigenvalue weighted by atomic mass is 16.5. The van der Waals surface area contributed by atoms with E-state index in [1.165, 1.54) is 32.4 Å². The summed E-state index contributed by atoms with van der Waals surface area (Å²) in [5.41, 5.74) is 4.32. The van der Waals surface area contributed by atoms with E-state index in [9.17, 15) is 4.79 Å². The highest BCUT2D eigenvalue weighted by molar-refractivity contribution is 6.02. The van der Waals surface area contributed by atoms with E-state index in [1.807, 2.05) is 22.8 Å². The van der Waals surface area contributed by atoms with Crippen molar-refractivity contribution in [3.05, 3.63) is 52.9 Å². The first-order chi connectivity index (χ1) is 18.2. The molecule has 0 radical (unpaired) electrons. The minimum Gasteiger partial charge on any atom is -0.494 e. The summed E-state index contributed by atoms with van der Waals surface area (Å²) < 4.78 is 15.2. The number of aromatic nitrogens is 4. The molecule has 0 saturated carbocycles. The quantitative estimate of drug-likeness (QED) is 0.346. The van der Waals surface area contributed by atoms with Crippen molar-refractivity contribution in [2.75, 3.05) is 39.5 Å². The number of hydrogen-bond donors (Lipinski definition) is 0. The van der Waals surface area contributed by atoms with Gasteiger partial charge in [0.1, 0.15) is 11.3 Å². The lowest BCUT2D eigenvalue weighted by atomic mass is 10.0. The molecule has 37 heavy (non-hydrogen) atoms. The molecule has 0 spiro atoms. The summed E-state index contributed by atoms with van der Waals surface area (Å²) in [5.74, 6) is 0.894. The summed E-state index contributed by atoms with van der Waals surface area (Å²) in [6, 6.07) is 14.5. The van der Waals surface area contributed by atoms with Gasteiger partial charge in [-0.05, 0) is 80.6 Å². The second kappa shape index (κ2) is 10.6. The van der Waals surface area contributed by atoms with Gasteiger partial charge in [0, 0.05) is 25.6 Å². The van der Waals surface area contributed by atoms with Gasteiger partial charge in [-0.1, -0.05) is 24.6 Å². The average Bonchev–Trinajstić information content (AvgIpc) is 3.22. The van der Waals surface area contributed by atoms with E-state index in [0.29, 0.717) is 12.3 Å². The number of imidazole rings is 1. The molecule has 2 saturated heterocycles. The Morgan fingerprint density at radius 2 is 1.81 bits per heavy atom. The molecule has 6 rings (SSSR count). The summed E-state index contributed by atoms with van der Waals surface area (Å²) in [6.45, 7) is 5.60. The van der Waals surface area contributed by atoms with E-state index in [4.69, 9.17) is 9.47 Å². The number of likely N-dealkylation sites (tertiary alicyclic amines) is 1. The number of nitrogens with zero attached hydrogens (tertiary/aromatic N) is 5. The van der Waals surface area contributed by atoms with Crippen LogP contribution in [0.1, 0.15) is 44.6 Å². The van der Waals surface area contributed by atoms with Crippen LogP contribution in [0.5, 0.6) is 5.75 Å². The standard InChI is InChI=1S/C29H35N5O3/c1-32-28-27(34(29(32)35)23-7-5-17-36-20-23)25-19-22(10-13-26(25)30-31-28)21-8-11-24(12-9-21)37-18-6-16-33-14-3-2-4-15-33/h8-13,19,23H,2-7,14-18,20H2,1H3. The number of aryl methyl sites for hydroxylation is 1. The molecule has 0 bridgehead atoms. The zero-order valence-electron chi connectivity index (χ0n) is 21.6. The normalized spacial score (nSPS) is 19.0. The number of hydrogen-bond acceptors (Lipinski definition) is 6. The van der Waals surface area contributed by atoms with Gasteiger partial charge < -0.3 is 14.4 Å². The topological polar surface area (TPSA) is 74.4 Å². The summed E-state index contributed by atoms with van der Waals surface area (Å²) in [7, 11) is 1.76. The molecule has 0 amide bonds. The highest BCUT2D eigenvalue weighted by Crippen LogP contribution is 2.31. The Hall–Kier alpha value is -3.23. The molecule has 0 N–H and O–H groups in total. The fourth-order valence-corrected chi connectivity index (χ4v) is 5.74. The number of fused-ring (bicyclic) bond motifs is 3. The van der Waals surface area contributed by atoms with Crippen molar-refractivity contribution in [2.45, 2.75) is 44.6 Å². The smallest absolute Gasteiger partial charge is 0.330 e. The van der Waals surface area contributed by atoms with Crippen LogP contribution >= 0.6 is 0 Å². The maximum Gasteiger partial charge on any atom is 0.330 e. The zero-order chi connectivity index (χ0) is 25.2. The van der Waals surface area contributed by atoms with Gasteiger partial charge in [-0.15, -0.1) is 10.2 Å². The summed E-state index contributed by atoms with van der Waals surface area (Å²) in [6.07, 6.45) is 6.94. The first kappa shape index (κ1) is 24.1. The maximum absolute atomic E-state index is 13.2. The molecule has 194 valence electrons. The van der Waals surface area contributed by atoms with E-state index in [-0.39, 0.29) is 11.7 Å². The first-order valence-electron chi connectivity index (χ1n) is 13.6. The Morgan fingerprint density at radius 1 is 1.00 bits per heavy atom. The van der Waals surface area contributed by atoms with Crippen LogP contribution in [0, 0.1) is 0 Å². The minimum absolute atomic E-state index is 0.00681. The lowest BCUT2D eigenvalue weighted by Crippen LogP contribution is -2.31. The van der Waals surface area contributed by atoms with Crippen LogP contribution in [0.3, 0.4) is 0 Å². The number of ether oxygens (including phenoxy) is 2. The Labute approximate surface area is 216 Å². The second-order valence-electron chi connectivity index (χ2n) is 10.3. The van der Waals surface area contributed by atoms with E-state index < -0.39 is 0 Å². The molecule has 1 atom stereocenters. The fraction of sp³-hybridized carbons (Fsp3) is 0.483. The molecular formula is C29H35N5O3. The largest absolute Gasteiger partial charge is 0.494 e. The predicted molar refractivity (Wildman–Crippen MR) is 145 cm³/mol. The summed E-state index contributed by atoms with van der Waals surface area (Å²) >= 11 is 0. The van der Waals surface area contributed by atoms with Crippen LogP contribution in [-0.2, 0) is 11.8 Å². The third-order valence-corrected chi connectivity index (χ3v) is 7.79. The molecular weight excluding hydrogens is 466 g/mol. The lowest BCUT2D eigenvalue weighted by Gasteiger charge is -2.26. The molecule has 4 aromatic rings. The van der Waals surface area contributed by atoms with Crippen LogP contribution in [0.4, 0.5) is 0 Å². The van der Waals surface area contributed by atoms with Crippen LogP contribution < -0.4 is 10.4 Å². The zero-order valence-corrected chi connectivity index (χ0v) is 21.6. The average molecular weight is 502 g/mol. The molecule has 2 aliphatic heterocycles. The van der Waals surface area contributed by atoms with Crippen molar-refractivity contribution in [1.29, 1.82) is 0 Å². The van der Waals surface area contributed by atoms with Crippen molar-refractivity contribution in [2.24, 2.45) is 7.05 Å². The van der Waals surface area contributed by atoms with Crippen LogP contribution in [-0.4, -0.2) is 63.7 Å². The maximum atomic E-state index is 13.2. The molecule has 2 aromatic heterocycles. The Balaban J connectivity index is 1.24. The highest BCUT2D eigenvalue weighted by Gasteiger charge is 2.24. The summed E-state index contributed by atoms with van der Waals surface area (Å²) in [5, 5.41) is 9.75. The molecule has 2 fully saturated rings. The first-order valence-corrected chi connectivity index (χ1v) is 13.6. The van der Waals surface area contributed by atoms with Crippen LogP contribution in [0.15, 0.2) is 47.3 Å². The molecule has 8 heteroatoms. The Morgan fingerprint density at radius 3 is 2.59 bits per heavy atom. The van der Waals surface area contributed by atoms with Gasteiger partial charge in [0.2, 0.25) is 0 Å². The molecule has 2 aromatic carbocycles. The lowest BCUT2D eigenvalue weighted by molar-refractivity contribution is 0.0593. The van der Waals surface area contributed by atoms with Crippen LogP contribution in [0.25, 0.3) is 33.2 Å². The number of piperidine rings is 1. The second-order valence-corrected chi connectivity index (χ2v) is 10.3. The Bertz CT molecular complexity index is 1430. The van der Waals surface area contributed by atoms with Crippen molar-refractivity contribution >= 4 is 22.1 Å². The predicted octanol–water partition coefficient (Wildman–Crippen LogP) is 4.56. The number of benzene rings is 2. The fourth-order valence-electron chi connectivity index (χ4n) is 5.74. The van der Waals surface area contributed by atoms with Crippen molar-refractivity contribution in [3.63, 3.8) is 0 Å². The third-order valence-electron chi connectivity index (χ3n) is 7.79. The van der Waals surface area contributed by atoms with Crippen molar-refractivity contribution in [3.8, 4) is 16.9 Å². The minimum atomic E-state index is -0.0699. The third kappa shape index (κ3) is 4.88. The van der Waals surface area contributed by atoms with E-state index in [2.05, 4.69) is 39.4 Å². The van der Waals surface area contributed by atoms with Gasteiger partial charge in [0.25, 0.3) is 0 Å². The van der Waals surface area contributed by atoms with Crippen LogP contribution in [0.2, 0.25) is 0 Å². The van der Waals surface area contributed by atoms with Gasteiger partial charge in [-0.25, -0.2) is 4.79 Å². The van der Waals surface area contributed by atoms with Gasteiger partial charge in [-0.3, -0.25) is 9.13 Å². The van der Waals surface area contributed by atoms with Crippen molar-refractivity contribution in [1.82, 2.24) is 24.2 Å². The molecule has 8 nitrogen and oxygen atoms in total. The molecule has 1 unspecified atom stereocenters. The van der Waals surface area contributed by atoms with E-state index in [1.54, 1.807) is 11.6 Å². The van der Waals surface area contributed by atoms with Crippen molar-refractivity contribution < 1.29 is 9.47 Å². The van der Waals surface area contributed by atoms with Gasteiger partial charge in [-0.2, -0.15) is 0 Å². The van der Waals surface area contributed by atoms with E-state index >= 15 is 0 Å². The van der Waals surface area contributed by atoms with E-state index in [0.717, 1.165) is 72.3 Å². The molecule has 4 heterocycles. The van der Waals surface area contributed by atoms with Gasteiger partial charge in [0.15, 0.2) is 5.65 Å². The van der Waals surface area contributed by atoms with Gasteiger partial charge >= 0.3 is 5.69 Å². The SMILES string of the molecule is Cn1c(=O)n(C2CCCOC2)c2c3cc(-c4ccc(OCCCN5CCCCC5)cc4)ccc3nnc21. The number of rotatable bonds is 7.